The molecule has 0 fully saturated rings. The molecule has 1 aromatic heterocycles. The van der Waals surface area contributed by atoms with Crippen LogP contribution in [0.2, 0.25) is 0 Å². The smallest absolute Gasteiger partial charge is 0.160 e. The van der Waals surface area contributed by atoms with Crippen molar-refractivity contribution in [3.05, 3.63) is 77.6 Å². The maximum absolute atomic E-state index is 4.74. The van der Waals surface area contributed by atoms with E-state index in [0.717, 1.165) is 39.8 Å². The molecule has 3 aromatic rings. The summed E-state index contributed by atoms with van der Waals surface area (Å²) in [6.07, 6.45) is 4.09. The van der Waals surface area contributed by atoms with Crippen molar-refractivity contribution in [1.82, 2.24) is 19.5 Å². The summed E-state index contributed by atoms with van der Waals surface area (Å²) in [5.74, 6) is 0.772. The number of aromatic nitrogens is 4. The van der Waals surface area contributed by atoms with Crippen LogP contribution in [0.1, 0.15) is 10.6 Å². The maximum atomic E-state index is 4.74. The lowest BCUT2D eigenvalue weighted by atomic mass is 10.2. The minimum Gasteiger partial charge on any atom is -0.345 e. The highest BCUT2D eigenvalue weighted by atomic mass is 32.1. The van der Waals surface area contributed by atoms with Gasteiger partial charge in [0.1, 0.15) is 10.7 Å². The van der Waals surface area contributed by atoms with E-state index in [0.29, 0.717) is 0 Å². The number of thiazole rings is 1. The van der Waals surface area contributed by atoms with Gasteiger partial charge in [-0.15, -0.1) is 11.3 Å². The van der Waals surface area contributed by atoms with E-state index in [1.807, 2.05) is 48.8 Å². The number of fused-ring (bicyclic) bond motifs is 2. The largest absolute Gasteiger partial charge is 0.345 e. The second kappa shape index (κ2) is 6.04. The molecule has 3 heterocycles. The highest BCUT2D eigenvalue weighted by Gasteiger charge is 2.13. The van der Waals surface area contributed by atoms with Crippen molar-refractivity contribution >= 4 is 21.6 Å². The number of rotatable bonds is 3. The van der Waals surface area contributed by atoms with Gasteiger partial charge >= 0.3 is 0 Å². The highest BCUT2D eigenvalue weighted by Crippen LogP contribution is 2.26. The summed E-state index contributed by atoms with van der Waals surface area (Å²) >= 11 is 1.75. The third-order valence-electron chi connectivity index (χ3n) is 4.37. The lowest BCUT2D eigenvalue weighted by Gasteiger charge is -2.05. The van der Waals surface area contributed by atoms with Crippen molar-refractivity contribution in [3.63, 3.8) is 0 Å². The first kappa shape index (κ1) is 15.2. The molecular weight excluding hydrogens is 340 g/mol. The van der Waals surface area contributed by atoms with E-state index < -0.39 is 0 Å². The van der Waals surface area contributed by atoms with Crippen LogP contribution < -0.4 is 0 Å². The normalized spacial score (nSPS) is 11.4. The Balaban J connectivity index is 1.48. The van der Waals surface area contributed by atoms with E-state index in [-0.39, 0.29) is 0 Å². The Morgan fingerprint density at radius 1 is 0.923 bits per heavy atom. The van der Waals surface area contributed by atoms with Crippen LogP contribution in [0.25, 0.3) is 33.0 Å². The molecule has 0 saturated carbocycles. The van der Waals surface area contributed by atoms with Gasteiger partial charge in [-0.1, -0.05) is 36.4 Å². The Bertz CT molecular complexity index is 1170. The number of hydrogen-bond acceptors (Lipinski definition) is 4. The third-order valence-corrected chi connectivity index (χ3v) is 5.37. The van der Waals surface area contributed by atoms with Crippen LogP contribution in [-0.2, 0) is 6.54 Å². The lowest BCUT2D eigenvalue weighted by molar-refractivity contribution is 0.785. The van der Waals surface area contributed by atoms with Crippen LogP contribution >= 0.6 is 11.3 Å². The fourth-order valence-corrected chi connectivity index (χ4v) is 4.14. The first-order chi connectivity index (χ1) is 12.7. The third kappa shape index (κ3) is 2.76. The molecule has 0 spiro atoms. The van der Waals surface area contributed by atoms with Crippen LogP contribution in [-0.4, -0.2) is 19.5 Å². The summed E-state index contributed by atoms with van der Waals surface area (Å²) in [4.78, 5) is 14.1. The Morgan fingerprint density at radius 2 is 1.77 bits per heavy atom. The summed E-state index contributed by atoms with van der Waals surface area (Å²) in [6, 6.07) is 18.5. The maximum Gasteiger partial charge on any atom is 0.160 e. The Labute approximate surface area is 155 Å². The fourth-order valence-electron chi connectivity index (χ4n) is 3.07. The summed E-state index contributed by atoms with van der Waals surface area (Å²) in [7, 11) is 0. The Hall–Kier alpha value is -3.05. The van der Waals surface area contributed by atoms with Gasteiger partial charge < -0.3 is 4.57 Å². The molecule has 0 atom stereocenters. The van der Waals surface area contributed by atoms with Gasteiger partial charge in [0.05, 0.1) is 22.5 Å². The van der Waals surface area contributed by atoms with Crippen molar-refractivity contribution < 1.29 is 0 Å². The van der Waals surface area contributed by atoms with E-state index in [9.17, 15) is 0 Å². The second-order valence-corrected chi connectivity index (χ2v) is 7.49. The lowest BCUT2D eigenvalue weighted by Crippen LogP contribution is -2.00. The Morgan fingerprint density at radius 3 is 2.65 bits per heavy atom. The van der Waals surface area contributed by atoms with Crippen molar-refractivity contribution in [2.45, 2.75) is 13.5 Å². The van der Waals surface area contributed by atoms with Crippen molar-refractivity contribution in [2.75, 3.05) is 0 Å². The standard InChI is InChI=1S/C21H16N4S/c1-14-7-8-17-19(11-14)26-20(22-17)13-25-10-9-16-18(12-25)24-21(23-16)15-5-3-2-4-6-15/h2-12H,13H2,1H3. The second-order valence-electron chi connectivity index (χ2n) is 6.38. The molecule has 0 N–H and O–H groups in total. The van der Waals surface area contributed by atoms with Crippen LogP contribution in [0.5, 0.6) is 0 Å². The topological polar surface area (TPSA) is 43.6 Å². The first-order valence-corrected chi connectivity index (χ1v) is 9.31. The average molecular weight is 356 g/mol. The van der Waals surface area contributed by atoms with Crippen LogP contribution in [0.4, 0.5) is 0 Å². The molecular formula is C21H16N4S. The molecule has 0 amide bonds. The Kier molecular flexibility index (Phi) is 3.53. The van der Waals surface area contributed by atoms with Gasteiger partial charge in [0.25, 0.3) is 0 Å². The molecule has 0 saturated heterocycles. The van der Waals surface area contributed by atoms with E-state index >= 15 is 0 Å². The van der Waals surface area contributed by atoms with Crippen molar-refractivity contribution in [1.29, 1.82) is 0 Å². The number of hydrogen-bond donors (Lipinski definition) is 0. The molecule has 5 rings (SSSR count). The molecule has 4 nitrogen and oxygen atoms in total. The average Bonchev–Trinajstić information content (AvgIpc) is 3.25. The van der Waals surface area contributed by atoms with Crippen molar-refractivity contribution in [3.8, 4) is 22.8 Å². The highest BCUT2D eigenvalue weighted by molar-refractivity contribution is 7.18. The molecule has 5 heteroatoms. The van der Waals surface area contributed by atoms with Gasteiger partial charge in [0.2, 0.25) is 0 Å². The molecule has 0 aliphatic carbocycles. The number of pyridine rings is 1. The summed E-state index contributed by atoms with van der Waals surface area (Å²) in [5, 5.41) is 1.10. The van der Waals surface area contributed by atoms with Gasteiger partial charge in [-0.25, -0.2) is 15.0 Å². The molecule has 0 bridgehead atoms. The van der Waals surface area contributed by atoms with E-state index in [1.165, 1.54) is 10.3 Å². The van der Waals surface area contributed by atoms with E-state index in [2.05, 4.69) is 34.7 Å². The molecule has 2 aromatic carbocycles. The van der Waals surface area contributed by atoms with Gasteiger partial charge in [-0.05, 0) is 30.7 Å². The van der Waals surface area contributed by atoms with Crippen LogP contribution in [0, 0.1) is 6.92 Å². The molecule has 26 heavy (non-hydrogen) atoms. The molecule has 126 valence electrons. The number of nitrogens with zero attached hydrogens (tertiary/aromatic N) is 4. The van der Waals surface area contributed by atoms with E-state index in [1.54, 1.807) is 11.3 Å². The number of benzene rings is 2. The zero-order valence-electron chi connectivity index (χ0n) is 14.3. The monoisotopic (exact) mass is 356 g/mol. The van der Waals surface area contributed by atoms with Crippen LogP contribution in [0.15, 0.2) is 67.0 Å². The van der Waals surface area contributed by atoms with Crippen molar-refractivity contribution in [2.24, 2.45) is 0 Å². The predicted molar refractivity (Wildman–Crippen MR) is 106 cm³/mol. The SMILES string of the molecule is Cc1ccc2nc(Cn3ccc4nc(-c5ccccc5)nc-4c3)sc2c1. The van der Waals surface area contributed by atoms with Crippen LogP contribution in [0.3, 0.4) is 0 Å². The molecule has 2 aliphatic rings. The summed E-state index contributed by atoms with van der Waals surface area (Å²) in [6.45, 7) is 2.85. The molecule has 0 unspecified atom stereocenters. The van der Waals surface area contributed by atoms with Gasteiger partial charge in [0.15, 0.2) is 5.82 Å². The predicted octanol–water partition coefficient (Wildman–Crippen LogP) is 5.02. The quantitative estimate of drug-likeness (QED) is 0.456. The van der Waals surface area contributed by atoms with Gasteiger partial charge in [-0.3, -0.25) is 0 Å². The van der Waals surface area contributed by atoms with Gasteiger partial charge in [-0.2, -0.15) is 0 Å². The number of aryl methyl sites for hydroxylation is 1. The minimum atomic E-state index is 0.738. The zero-order chi connectivity index (χ0) is 17.5. The minimum absolute atomic E-state index is 0.738. The van der Waals surface area contributed by atoms with Gasteiger partial charge in [0, 0.05) is 18.0 Å². The first-order valence-electron chi connectivity index (χ1n) is 8.50. The zero-order valence-corrected chi connectivity index (χ0v) is 15.1. The summed E-state index contributed by atoms with van der Waals surface area (Å²) < 4.78 is 3.36. The number of imidazole rings is 1. The van der Waals surface area contributed by atoms with E-state index in [4.69, 9.17) is 9.97 Å². The fraction of sp³-hybridized carbons (Fsp3) is 0.0952. The summed E-state index contributed by atoms with van der Waals surface area (Å²) in [5.41, 5.74) is 5.19. The molecule has 2 aliphatic heterocycles. The molecule has 0 radical (unpaired) electrons.